The first kappa shape index (κ1) is 13.7. The molecule has 2 aliphatic carbocycles. The molecule has 1 aromatic heterocycles. The van der Waals surface area contributed by atoms with Crippen LogP contribution in [-0.2, 0) is 0 Å². The molecule has 0 saturated carbocycles. The first-order valence-electron chi connectivity index (χ1n) is 8.70. The van der Waals surface area contributed by atoms with Crippen LogP contribution in [0.5, 0.6) is 0 Å². The topological polar surface area (TPSA) is 30.0 Å². The lowest BCUT2D eigenvalue weighted by Gasteiger charge is -2.11. The van der Waals surface area contributed by atoms with E-state index in [0.717, 1.165) is 39.0 Å². The van der Waals surface area contributed by atoms with Crippen molar-refractivity contribution in [3.63, 3.8) is 0 Å². The van der Waals surface area contributed by atoms with Crippen molar-refractivity contribution in [1.29, 1.82) is 0 Å². The van der Waals surface area contributed by atoms with Gasteiger partial charge in [0, 0.05) is 27.6 Å². The molecule has 0 bridgehead atoms. The monoisotopic (exact) mass is 331 g/mol. The molecule has 0 saturated heterocycles. The summed E-state index contributed by atoms with van der Waals surface area (Å²) in [6.07, 6.45) is 4.28. The van der Waals surface area contributed by atoms with Crippen molar-refractivity contribution in [2.24, 2.45) is 0 Å². The maximum absolute atomic E-state index is 12.8. The highest BCUT2D eigenvalue weighted by Gasteiger charge is 2.29. The van der Waals surface area contributed by atoms with E-state index in [-0.39, 0.29) is 5.78 Å². The van der Waals surface area contributed by atoms with E-state index in [1.807, 2.05) is 42.5 Å². The summed E-state index contributed by atoms with van der Waals surface area (Å²) in [7, 11) is 0. The number of ketones is 1. The molecule has 0 radical (unpaired) electrons. The zero-order valence-corrected chi connectivity index (χ0v) is 13.9. The number of aromatic nitrogens is 1. The van der Waals surface area contributed by atoms with Crippen molar-refractivity contribution in [3.8, 4) is 22.4 Å². The Morgan fingerprint density at radius 2 is 1.38 bits per heavy atom. The third-order valence-electron chi connectivity index (χ3n) is 5.37. The number of rotatable bonds is 1. The average molecular weight is 331 g/mol. The summed E-state index contributed by atoms with van der Waals surface area (Å²) in [5.74, 6) is 0.102. The van der Waals surface area contributed by atoms with Gasteiger partial charge in [-0.05, 0) is 28.8 Å². The summed E-state index contributed by atoms with van der Waals surface area (Å²) in [4.78, 5) is 17.7. The van der Waals surface area contributed by atoms with Crippen molar-refractivity contribution >= 4 is 28.8 Å². The quantitative estimate of drug-likeness (QED) is 0.393. The lowest BCUT2D eigenvalue weighted by atomic mass is 9.95. The van der Waals surface area contributed by atoms with Gasteiger partial charge in [0.1, 0.15) is 0 Å². The van der Waals surface area contributed by atoms with Crippen LogP contribution in [0.2, 0.25) is 0 Å². The molecule has 120 valence electrons. The Morgan fingerprint density at radius 3 is 2.31 bits per heavy atom. The molecule has 1 heterocycles. The Bertz CT molecular complexity index is 1300. The van der Waals surface area contributed by atoms with Gasteiger partial charge in [-0.3, -0.25) is 4.79 Å². The van der Waals surface area contributed by atoms with E-state index in [0.29, 0.717) is 0 Å². The summed E-state index contributed by atoms with van der Waals surface area (Å²) in [5.41, 5.74) is 8.90. The minimum absolute atomic E-state index is 0.102. The summed E-state index contributed by atoms with van der Waals surface area (Å²) in [6.45, 7) is 0. The van der Waals surface area contributed by atoms with Gasteiger partial charge in [0.05, 0.1) is 11.2 Å². The molecule has 2 heteroatoms. The van der Waals surface area contributed by atoms with Gasteiger partial charge in [-0.15, -0.1) is 0 Å². The van der Waals surface area contributed by atoms with Gasteiger partial charge in [0.15, 0.2) is 5.78 Å². The fraction of sp³-hybridized carbons (Fsp3) is 0. The highest BCUT2D eigenvalue weighted by atomic mass is 16.1. The van der Waals surface area contributed by atoms with Gasteiger partial charge < -0.3 is 0 Å². The SMILES string of the molecule is O=C1c2ccccc2-c2c1cccc2-c1cc2c3c(cccc3n1)C=C2. The van der Waals surface area contributed by atoms with Crippen molar-refractivity contribution < 1.29 is 4.79 Å². The molecule has 2 nitrogen and oxygen atoms in total. The Labute approximate surface area is 150 Å². The second kappa shape index (κ2) is 4.77. The number of hydrogen-bond donors (Lipinski definition) is 0. The zero-order chi connectivity index (χ0) is 17.3. The highest BCUT2D eigenvalue weighted by molar-refractivity contribution is 6.23. The minimum Gasteiger partial charge on any atom is -0.289 e. The van der Waals surface area contributed by atoms with Gasteiger partial charge in [0.25, 0.3) is 0 Å². The van der Waals surface area contributed by atoms with Crippen LogP contribution < -0.4 is 0 Å². The second-order valence-corrected chi connectivity index (χ2v) is 6.77. The number of carbonyl (C=O) groups is 1. The number of carbonyl (C=O) groups excluding carboxylic acids is 1. The molecule has 0 atom stereocenters. The highest BCUT2D eigenvalue weighted by Crippen LogP contribution is 2.43. The number of fused-ring (bicyclic) bond motifs is 3. The maximum Gasteiger partial charge on any atom is 0.194 e. The molecule has 0 unspecified atom stereocenters. The summed E-state index contributed by atoms with van der Waals surface area (Å²) >= 11 is 0. The van der Waals surface area contributed by atoms with Crippen LogP contribution in [0, 0.1) is 0 Å². The molecule has 4 aromatic rings. The van der Waals surface area contributed by atoms with Crippen molar-refractivity contribution in [2.45, 2.75) is 0 Å². The van der Waals surface area contributed by atoms with Crippen LogP contribution in [0.25, 0.3) is 45.4 Å². The molecular formula is C24H13NO. The molecule has 2 aliphatic rings. The molecule has 6 rings (SSSR count). The maximum atomic E-state index is 12.8. The van der Waals surface area contributed by atoms with E-state index in [9.17, 15) is 4.79 Å². The molecule has 0 amide bonds. The summed E-state index contributed by atoms with van der Waals surface area (Å²) < 4.78 is 0. The van der Waals surface area contributed by atoms with Gasteiger partial charge in [-0.1, -0.05) is 66.7 Å². The van der Waals surface area contributed by atoms with Crippen LogP contribution in [0.1, 0.15) is 27.0 Å². The first-order chi connectivity index (χ1) is 12.8. The Kier molecular flexibility index (Phi) is 2.52. The fourth-order valence-electron chi connectivity index (χ4n) is 4.22. The van der Waals surface area contributed by atoms with Crippen LogP contribution in [-0.4, -0.2) is 10.8 Å². The largest absolute Gasteiger partial charge is 0.289 e. The molecule has 0 aliphatic heterocycles. The summed E-state index contributed by atoms with van der Waals surface area (Å²) in [6, 6.07) is 22.1. The number of pyridine rings is 1. The van der Waals surface area contributed by atoms with Crippen LogP contribution in [0.3, 0.4) is 0 Å². The van der Waals surface area contributed by atoms with E-state index in [4.69, 9.17) is 4.98 Å². The van der Waals surface area contributed by atoms with Crippen LogP contribution in [0.15, 0.2) is 66.7 Å². The molecule has 3 aromatic carbocycles. The van der Waals surface area contributed by atoms with E-state index >= 15 is 0 Å². The second-order valence-electron chi connectivity index (χ2n) is 6.77. The number of nitrogens with zero attached hydrogens (tertiary/aromatic N) is 1. The Morgan fingerprint density at radius 1 is 0.654 bits per heavy atom. The van der Waals surface area contributed by atoms with E-state index in [1.54, 1.807) is 0 Å². The van der Waals surface area contributed by atoms with Crippen molar-refractivity contribution in [1.82, 2.24) is 4.98 Å². The van der Waals surface area contributed by atoms with Crippen LogP contribution >= 0.6 is 0 Å². The van der Waals surface area contributed by atoms with Gasteiger partial charge in [0.2, 0.25) is 0 Å². The lowest BCUT2D eigenvalue weighted by Crippen LogP contribution is -1.95. The molecular weight excluding hydrogens is 318 g/mol. The van der Waals surface area contributed by atoms with E-state index in [2.05, 4.69) is 36.4 Å². The minimum atomic E-state index is 0.102. The number of benzene rings is 3. The predicted molar refractivity (Wildman–Crippen MR) is 105 cm³/mol. The van der Waals surface area contributed by atoms with Gasteiger partial charge in [-0.2, -0.15) is 0 Å². The first-order valence-corrected chi connectivity index (χ1v) is 8.70. The average Bonchev–Trinajstić information content (AvgIpc) is 3.23. The van der Waals surface area contributed by atoms with Crippen LogP contribution in [0.4, 0.5) is 0 Å². The lowest BCUT2D eigenvalue weighted by molar-refractivity contribution is 0.104. The van der Waals surface area contributed by atoms with Crippen molar-refractivity contribution in [2.75, 3.05) is 0 Å². The zero-order valence-electron chi connectivity index (χ0n) is 13.9. The van der Waals surface area contributed by atoms with E-state index in [1.165, 1.54) is 16.5 Å². The third kappa shape index (κ3) is 1.66. The van der Waals surface area contributed by atoms with E-state index < -0.39 is 0 Å². The Balaban J connectivity index is 1.68. The van der Waals surface area contributed by atoms with Gasteiger partial charge >= 0.3 is 0 Å². The van der Waals surface area contributed by atoms with Gasteiger partial charge in [-0.25, -0.2) is 4.98 Å². The molecule has 0 spiro atoms. The Hall–Kier alpha value is -3.52. The van der Waals surface area contributed by atoms with Crippen molar-refractivity contribution in [3.05, 3.63) is 89.0 Å². The third-order valence-corrected chi connectivity index (χ3v) is 5.37. The molecule has 26 heavy (non-hydrogen) atoms. The molecule has 0 N–H and O–H groups in total. The number of hydrogen-bond acceptors (Lipinski definition) is 2. The smallest absolute Gasteiger partial charge is 0.194 e. The predicted octanol–water partition coefficient (Wildman–Crippen LogP) is 5.60. The standard InChI is InChI=1S/C24H13NO/c26-24-17-7-2-1-6-16(17)23-18(8-4-9-19(23)24)21-13-15-12-11-14-5-3-10-20(25-21)22(14)15/h1-13H. The normalized spacial score (nSPS) is 13.3. The fourth-order valence-corrected chi connectivity index (χ4v) is 4.22. The summed E-state index contributed by atoms with van der Waals surface area (Å²) in [5, 5.41) is 1.21. The molecule has 0 fully saturated rings.